The first kappa shape index (κ1) is 29.4. The predicted molar refractivity (Wildman–Crippen MR) is 149 cm³/mol. The van der Waals surface area contributed by atoms with Gasteiger partial charge in [-0.3, -0.25) is 9.59 Å². The van der Waals surface area contributed by atoms with E-state index in [1.807, 2.05) is 24.3 Å². The number of nitriles is 1. The van der Waals surface area contributed by atoms with Crippen molar-refractivity contribution in [3.8, 4) is 17.6 Å². The molecule has 0 saturated heterocycles. The van der Waals surface area contributed by atoms with E-state index in [2.05, 4.69) is 10.6 Å². The molecule has 0 aliphatic heterocycles. The molecule has 0 fully saturated rings. The minimum Gasteiger partial charge on any atom is -0.493 e. The first-order valence-electron chi connectivity index (χ1n) is 11.7. The van der Waals surface area contributed by atoms with Crippen LogP contribution in [0.3, 0.4) is 0 Å². The van der Waals surface area contributed by atoms with Gasteiger partial charge >= 0.3 is 5.97 Å². The Morgan fingerprint density at radius 1 is 0.974 bits per heavy atom. The van der Waals surface area contributed by atoms with Crippen LogP contribution in [0.5, 0.6) is 11.5 Å². The lowest BCUT2D eigenvalue weighted by Gasteiger charge is -2.11. The molecule has 0 radical (unpaired) electrons. The molecule has 0 spiro atoms. The van der Waals surface area contributed by atoms with Crippen molar-refractivity contribution in [3.63, 3.8) is 0 Å². The fraction of sp³-hybridized carbons (Fsp3) is 0.214. The first-order valence-corrected chi connectivity index (χ1v) is 13.1. The molecule has 0 atom stereocenters. The average molecular weight is 568 g/mol. The monoisotopic (exact) mass is 567 g/mol. The van der Waals surface area contributed by atoms with Crippen molar-refractivity contribution in [2.45, 2.75) is 11.3 Å². The molecule has 3 aromatic carbocycles. The molecule has 0 aromatic heterocycles. The van der Waals surface area contributed by atoms with E-state index in [1.54, 1.807) is 38.5 Å². The van der Waals surface area contributed by atoms with Crippen molar-refractivity contribution < 1.29 is 28.6 Å². The van der Waals surface area contributed by atoms with Crippen molar-refractivity contribution in [2.24, 2.45) is 0 Å². The van der Waals surface area contributed by atoms with Gasteiger partial charge in [0.25, 0.3) is 5.91 Å². The van der Waals surface area contributed by atoms with Gasteiger partial charge in [0.2, 0.25) is 5.91 Å². The second kappa shape index (κ2) is 14.7. The second-order valence-corrected chi connectivity index (χ2v) is 9.43. The number of amides is 2. The zero-order chi connectivity index (χ0) is 28.2. The molecule has 0 heterocycles. The van der Waals surface area contributed by atoms with Crippen LogP contribution in [0.4, 0.5) is 5.69 Å². The molecule has 0 aliphatic carbocycles. The fourth-order valence-corrected chi connectivity index (χ4v) is 4.52. The van der Waals surface area contributed by atoms with Crippen LogP contribution in [0, 0.1) is 11.3 Å². The van der Waals surface area contributed by atoms with Gasteiger partial charge < -0.3 is 24.8 Å². The minimum atomic E-state index is -0.694. The molecule has 0 bridgehead atoms. The maximum Gasteiger partial charge on any atom is 0.339 e. The number of nitrogens with zero attached hydrogens (tertiary/aromatic N) is 1. The Balaban J connectivity index is 1.47. The molecule has 0 aliphatic rings. The average Bonchev–Trinajstić information content (AvgIpc) is 2.95. The third kappa shape index (κ3) is 8.67. The molecule has 2 amide bonds. The molecule has 9 nitrogen and oxygen atoms in total. The van der Waals surface area contributed by atoms with Gasteiger partial charge in [0.1, 0.15) is 6.07 Å². The Hall–Kier alpha value is -4.20. The van der Waals surface area contributed by atoms with Crippen molar-refractivity contribution >= 4 is 46.8 Å². The van der Waals surface area contributed by atoms with Gasteiger partial charge in [0, 0.05) is 17.1 Å². The Bertz CT molecular complexity index is 1390. The molecular formula is C28H26ClN3O6S. The second-order valence-electron chi connectivity index (χ2n) is 8.00. The number of nitrogens with one attached hydrogen (secondary N) is 2. The zero-order valence-corrected chi connectivity index (χ0v) is 22.9. The van der Waals surface area contributed by atoms with Crippen molar-refractivity contribution in [3.05, 3.63) is 82.4 Å². The normalized spacial score (nSPS) is 10.2. The van der Waals surface area contributed by atoms with Crippen LogP contribution in [-0.4, -0.2) is 50.9 Å². The van der Waals surface area contributed by atoms with E-state index in [0.29, 0.717) is 35.0 Å². The Kier molecular flexibility index (Phi) is 11.0. The van der Waals surface area contributed by atoms with Gasteiger partial charge in [0.05, 0.1) is 36.1 Å². The Morgan fingerprint density at radius 2 is 1.74 bits per heavy atom. The minimum absolute atomic E-state index is 0.0934. The summed E-state index contributed by atoms with van der Waals surface area (Å²) in [5.41, 5.74) is 1.88. The molecule has 202 valence electrons. The van der Waals surface area contributed by atoms with Gasteiger partial charge in [-0.15, -0.1) is 11.8 Å². The van der Waals surface area contributed by atoms with E-state index in [-0.39, 0.29) is 27.8 Å². The third-order valence-electron chi connectivity index (χ3n) is 5.36. The summed E-state index contributed by atoms with van der Waals surface area (Å²) in [6.45, 7) is -0.0930. The molecule has 3 rings (SSSR count). The number of carbonyl (C=O) groups is 3. The van der Waals surface area contributed by atoms with Crippen LogP contribution in [-0.2, 0) is 20.7 Å². The topological polar surface area (TPSA) is 127 Å². The number of benzene rings is 3. The highest BCUT2D eigenvalue weighted by Crippen LogP contribution is 2.28. The van der Waals surface area contributed by atoms with Crippen LogP contribution in [0.25, 0.3) is 0 Å². The Labute approximate surface area is 235 Å². The number of hydrogen-bond acceptors (Lipinski definition) is 8. The number of ether oxygens (including phenoxy) is 3. The van der Waals surface area contributed by atoms with E-state index in [1.165, 1.54) is 30.0 Å². The molecular weight excluding hydrogens is 542 g/mol. The van der Waals surface area contributed by atoms with E-state index in [0.717, 1.165) is 5.56 Å². The molecule has 2 N–H and O–H groups in total. The van der Waals surface area contributed by atoms with Gasteiger partial charge in [-0.05, 0) is 54.4 Å². The fourth-order valence-electron chi connectivity index (χ4n) is 3.43. The van der Waals surface area contributed by atoms with Crippen molar-refractivity contribution in [1.82, 2.24) is 5.32 Å². The summed E-state index contributed by atoms with van der Waals surface area (Å²) in [6.07, 6.45) is 0.608. The highest BCUT2D eigenvalue weighted by atomic mass is 35.5. The maximum atomic E-state index is 12.6. The standard InChI is InChI=1S/C28H26ClN3O6S/c1-36-23-10-7-18(13-24(23)37-2)11-12-31-27(34)17-39-25-6-4-3-5-21(25)28(35)38-16-26(33)32-20-9-8-19(15-30)22(29)14-20/h3-10,13-14H,11-12,16-17H2,1-2H3,(H,31,34)(H,32,33). The van der Waals surface area contributed by atoms with E-state index in [4.69, 9.17) is 31.1 Å². The molecule has 39 heavy (non-hydrogen) atoms. The van der Waals surface area contributed by atoms with Gasteiger partial charge in [-0.25, -0.2) is 4.79 Å². The number of thioether (sulfide) groups is 1. The number of carbonyl (C=O) groups excluding carboxylic acids is 3. The van der Waals surface area contributed by atoms with Gasteiger partial charge in [0.15, 0.2) is 18.1 Å². The number of anilines is 1. The number of rotatable bonds is 12. The largest absolute Gasteiger partial charge is 0.493 e. The number of halogens is 1. The molecule has 0 saturated carbocycles. The molecule has 3 aromatic rings. The highest BCUT2D eigenvalue weighted by Gasteiger charge is 2.16. The van der Waals surface area contributed by atoms with Crippen LogP contribution < -0.4 is 20.1 Å². The maximum absolute atomic E-state index is 12.6. The lowest BCUT2D eigenvalue weighted by Crippen LogP contribution is -2.27. The summed E-state index contributed by atoms with van der Waals surface area (Å²) in [7, 11) is 3.14. The highest BCUT2D eigenvalue weighted by molar-refractivity contribution is 8.00. The molecule has 0 unspecified atom stereocenters. The van der Waals surface area contributed by atoms with Crippen LogP contribution in [0.2, 0.25) is 5.02 Å². The van der Waals surface area contributed by atoms with E-state index < -0.39 is 18.5 Å². The zero-order valence-electron chi connectivity index (χ0n) is 21.3. The third-order valence-corrected chi connectivity index (χ3v) is 6.74. The van der Waals surface area contributed by atoms with E-state index >= 15 is 0 Å². The Morgan fingerprint density at radius 3 is 2.46 bits per heavy atom. The van der Waals surface area contributed by atoms with Crippen LogP contribution in [0.1, 0.15) is 21.5 Å². The number of hydrogen-bond donors (Lipinski definition) is 2. The number of methoxy groups -OCH3 is 2. The lowest BCUT2D eigenvalue weighted by atomic mass is 10.1. The number of esters is 1. The van der Waals surface area contributed by atoms with Crippen molar-refractivity contribution in [1.29, 1.82) is 5.26 Å². The van der Waals surface area contributed by atoms with Gasteiger partial charge in [-0.1, -0.05) is 29.8 Å². The summed E-state index contributed by atoms with van der Waals surface area (Å²) in [5, 5.41) is 14.6. The summed E-state index contributed by atoms with van der Waals surface area (Å²) >= 11 is 7.16. The quantitative estimate of drug-likeness (QED) is 0.242. The smallest absolute Gasteiger partial charge is 0.339 e. The van der Waals surface area contributed by atoms with Crippen molar-refractivity contribution in [2.75, 3.05) is 38.4 Å². The predicted octanol–water partition coefficient (Wildman–Crippen LogP) is 4.48. The van der Waals surface area contributed by atoms with Gasteiger partial charge in [-0.2, -0.15) is 5.26 Å². The summed E-state index contributed by atoms with van der Waals surface area (Å²) in [5.74, 6) is -0.102. The lowest BCUT2D eigenvalue weighted by molar-refractivity contribution is -0.119. The van der Waals surface area contributed by atoms with Crippen LogP contribution >= 0.6 is 23.4 Å². The van der Waals surface area contributed by atoms with E-state index in [9.17, 15) is 14.4 Å². The first-order chi connectivity index (χ1) is 18.8. The van der Waals surface area contributed by atoms with Crippen LogP contribution in [0.15, 0.2) is 65.6 Å². The summed E-state index contributed by atoms with van der Waals surface area (Å²) in [6, 6.07) is 18.6. The summed E-state index contributed by atoms with van der Waals surface area (Å²) < 4.78 is 15.7. The summed E-state index contributed by atoms with van der Waals surface area (Å²) in [4.78, 5) is 37.8. The molecule has 11 heteroatoms. The SMILES string of the molecule is COc1ccc(CCNC(=O)CSc2ccccc2C(=O)OCC(=O)Nc2ccc(C#N)c(Cl)c2)cc1OC.